The van der Waals surface area contributed by atoms with Crippen molar-refractivity contribution in [2.45, 2.75) is 31.8 Å². The van der Waals surface area contributed by atoms with Gasteiger partial charge in [-0.2, -0.15) is 0 Å². The van der Waals surface area contributed by atoms with Crippen LogP contribution in [0.5, 0.6) is 0 Å². The highest BCUT2D eigenvalue weighted by Gasteiger charge is 2.27. The van der Waals surface area contributed by atoms with Crippen LogP contribution in [0.1, 0.15) is 41.1 Å². The number of aryl methyl sites for hydroxylation is 1. The van der Waals surface area contributed by atoms with Gasteiger partial charge in [0.05, 0.1) is 6.04 Å². The molecule has 0 bridgehead atoms. The molecule has 0 radical (unpaired) electrons. The quantitative estimate of drug-likeness (QED) is 0.335. The maximum absolute atomic E-state index is 2.55. The van der Waals surface area contributed by atoms with Crippen LogP contribution in [0, 0.1) is 0 Å². The molecule has 4 aromatic carbocycles. The van der Waals surface area contributed by atoms with Crippen LogP contribution in [0.4, 0.5) is 0 Å². The third kappa shape index (κ3) is 2.39. The molecule has 4 aromatic rings. The molecule has 1 aliphatic heterocycles. The second kappa shape index (κ2) is 6.24. The van der Waals surface area contributed by atoms with E-state index in [0.717, 1.165) is 6.54 Å². The molecular formula is C27H23N. The van der Waals surface area contributed by atoms with E-state index in [0.29, 0.717) is 6.04 Å². The molecule has 1 atom stereocenters. The highest BCUT2D eigenvalue weighted by Crippen LogP contribution is 2.41. The van der Waals surface area contributed by atoms with Gasteiger partial charge in [0.2, 0.25) is 0 Å². The minimum atomic E-state index is 0.476. The summed E-state index contributed by atoms with van der Waals surface area (Å²) in [7, 11) is 0. The second-order valence-corrected chi connectivity index (χ2v) is 8.11. The molecule has 0 spiro atoms. The van der Waals surface area contributed by atoms with Crippen LogP contribution in [0.25, 0.3) is 27.6 Å². The molecule has 0 amide bonds. The molecular weight excluding hydrogens is 338 g/mol. The van der Waals surface area contributed by atoms with Gasteiger partial charge in [-0.25, -0.2) is 0 Å². The maximum Gasteiger partial charge on any atom is 0.0543 e. The molecule has 0 saturated carbocycles. The van der Waals surface area contributed by atoms with Crippen LogP contribution in [0.2, 0.25) is 0 Å². The van der Waals surface area contributed by atoms with E-state index >= 15 is 0 Å². The fraction of sp³-hybridized carbons (Fsp3) is 0.185. The Hall–Kier alpha value is -3.06. The molecule has 0 aromatic heterocycles. The Morgan fingerprint density at radius 3 is 2.61 bits per heavy atom. The lowest BCUT2D eigenvalue weighted by molar-refractivity contribution is 0.244. The lowest BCUT2D eigenvalue weighted by Gasteiger charge is -2.37. The number of fused-ring (bicyclic) bond motifs is 6. The van der Waals surface area contributed by atoms with Crippen molar-refractivity contribution in [2.24, 2.45) is 0 Å². The molecule has 1 unspecified atom stereocenters. The zero-order chi connectivity index (χ0) is 18.5. The summed E-state index contributed by atoms with van der Waals surface area (Å²) in [6.45, 7) is 1.01. The number of nitrogens with zero attached hydrogens (tertiary/aromatic N) is 1. The van der Waals surface area contributed by atoms with Crippen molar-refractivity contribution in [1.82, 2.24) is 4.90 Å². The van der Waals surface area contributed by atoms with E-state index < -0.39 is 0 Å². The standard InChI is InChI=1S/C27H23N/c1-2-8-21-18-28(17-16-19(21)6-1)27-11-5-10-23-25-13-12-20-7-3-4-9-22(20)24(25)14-15-26(23)27/h1-4,6-9,12-17,27H,5,10-11,18H2. The monoisotopic (exact) mass is 361 g/mol. The molecule has 0 saturated heterocycles. The first kappa shape index (κ1) is 15.9. The van der Waals surface area contributed by atoms with Crippen molar-refractivity contribution in [2.75, 3.05) is 0 Å². The summed E-state index contributed by atoms with van der Waals surface area (Å²) < 4.78 is 0. The van der Waals surface area contributed by atoms with Crippen LogP contribution in [-0.2, 0) is 13.0 Å². The summed E-state index contributed by atoms with van der Waals surface area (Å²) in [5.74, 6) is 0. The normalized spacial score (nSPS) is 18.3. The zero-order valence-electron chi connectivity index (χ0n) is 15.9. The molecule has 1 heteroatoms. The first-order valence-corrected chi connectivity index (χ1v) is 10.3. The van der Waals surface area contributed by atoms with Crippen molar-refractivity contribution in [3.8, 4) is 0 Å². The lowest BCUT2D eigenvalue weighted by Crippen LogP contribution is -2.28. The summed E-state index contributed by atoms with van der Waals surface area (Å²) in [6.07, 6.45) is 8.28. The van der Waals surface area contributed by atoms with Crippen LogP contribution in [0.3, 0.4) is 0 Å². The number of rotatable bonds is 1. The van der Waals surface area contributed by atoms with Crippen molar-refractivity contribution < 1.29 is 0 Å². The molecule has 1 nitrogen and oxygen atoms in total. The Balaban J connectivity index is 1.47. The average Bonchev–Trinajstić information content (AvgIpc) is 2.78. The average molecular weight is 361 g/mol. The summed E-state index contributed by atoms with van der Waals surface area (Å²) in [6, 6.07) is 27.4. The van der Waals surface area contributed by atoms with Gasteiger partial charge in [0.15, 0.2) is 0 Å². The summed E-state index contributed by atoms with van der Waals surface area (Å²) in [5.41, 5.74) is 5.88. The van der Waals surface area contributed by atoms with Gasteiger partial charge in [0.1, 0.15) is 0 Å². The Kier molecular flexibility index (Phi) is 3.55. The van der Waals surface area contributed by atoms with Crippen LogP contribution in [-0.4, -0.2) is 4.90 Å². The molecule has 6 rings (SSSR count). The molecule has 2 aliphatic rings. The minimum absolute atomic E-state index is 0.476. The molecule has 28 heavy (non-hydrogen) atoms. The Morgan fingerprint density at radius 1 is 0.750 bits per heavy atom. The van der Waals surface area contributed by atoms with E-state index in [1.807, 2.05) is 0 Å². The first-order valence-electron chi connectivity index (χ1n) is 10.3. The largest absolute Gasteiger partial charge is 0.366 e. The fourth-order valence-electron chi connectivity index (χ4n) is 5.21. The predicted octanol–water partition coefficient (Wildman–Crippen LogP) is 6.86. The molecule has 1 heterocycles. The SMILES string of the molecule is C1=CN(C2CCCc3c2ccc2c3ccc3ccccc32)Cc2ccccc21. The van der Waals surface area contributed by atoms with E-state index in [9.17, 15) is 0 Å². The highest BCUT2D eigenvalue weighted by molar-refractivity contribution is 6.08. The van der Waals surface area contributed by atoms with E-state index in [2.05, 4.69) is 90.0 Å². The minimum Gasteiger partial charge on any atom is -0.366 e. The van der Waals surface area contributed by atoms with E-state index in [1.54, 1.807) is 5.56 Å². The second-order valence-electron chi connectivity index (χ2n) is 8.11. The zero-order valence-corrected chi connectivity index (χ0v) is 15.9. The van der Waals surface area contributed by atoms with Crippen LogP contribution in [0.15, 0.2) is 79.0 Å². The van der Waals surface area contributed by atoms with Gasteiger partial charge >= 0.3 is 0 Å². The van der Waals surface area contributed by atoms with Gasteiger partial charge in [-0.1, -0.05) is 72.8 Å². The van der Waals surface area contributed by atoms with Gasteiger partial charge in [0.25, 0.3) is 0 Å². The van der Waals surface area contributed by atoms with Gasteiger partial charge in [-0.05, 0) is 69.1 Å². The maximum atomic E-state index is 2.55. The number of benzene rings is 4. The highest BCUT2D eigenvalue weighted by atomic mass is 15.1. The van der Waals surface area contributed by atoms with Gasteiger partial charge in [-0.15, -0.1) is 0 Å². The van der Waals surface area contributed by atoms with E-state index in [-0.39, 0.29) is 0 Å². The predicted molar refractivity (Wildman–Crippen MR) is 118 cm³/mol. The Morgan fingerprint density at radius 2 is 1.61 bits per heavy atom. The Labute approximate surface area is 165 Å². The van der Waals surface area contributed by atoms with Crippen LogP contribution < -0.4 is 0 Å². The van der Waals surface area contributed by atoms with Gasteiger partial charge < -0.3 is 4.90 Å². The van der Waals surface area contributed by atoms with E-state index in [1.165, 1.54) is 57.5 Å². The smallest absolute Gasteiger partial charge is 0.0543 e. The van der Waals surface area contributed by atoms with Crippen molar-refractivity contribution in [1.29, 1.82) is 0 Å². The lowest BCUT2D eigenvalue weighted by atomic mass is 9.82. The third-order valence-electron chi connectivity index (χ3n) is 6.59. The van der Waals surface area contributed by atoms with Gasteiger partial charge in [0, 0.05) is 12.7 Å². The number of hydrogen-bond acceptors (Lipinski definition) is 1. The first-order chi connectivity index (χ1) is 13.9. The van der Waals surface area contributed by atoms with Crippen molar-refractivity contribution >= 4 is 27.6 Å². The van der Waals surface area contributed by atoms with Crippen molar-refractivity contribution in [3.05, 3.63) is 101 Å². The number of hydrogen-bond donors (Lipinski definition) is 0. The summed E-state index contributed by atoms with van der Waals surface area (Å²) in [4.78, 5) is 2.55. The summed E-state index contributed by atoms with van der Waals surface area (Å²) >= 11 is 0. The summed E-state index contributed by atoms with van der Waals surface area (Å²) in [5, 5.41) is 5.55. The van der Waals surface area contributed by atoms with Crippen molar-refractivity contribution in [3.63, 3.8) is 0 Å². The Bertz CT molecular complexity index is 1230. The fourth-order valence-corrected chi connectivity index (χ4v) is 5.21. The molecule has 1 aliphatic carbocycles. The molecule has 0 fully saturated rings. The molecule has 136 valence electrons. The third-order valence-corrected chi connectivity index (χ3v) is 6.59. The topological polar surface area (TPSA) is 3.24 Å². The molecule has 0 N–H and O–H groups in total. The van der Waals surface area contributed by atoms with Crippen LogP contribution >= 0.6 is 0 Å². The van der Waals surface area contributed by atoms with E-state index in [4.69, 9.17) is 0 Å². The van der Waals surface area contributed by atoms with Gasteiger partial charge in [-0.3, -0.25) is 0 Å².